The summed E-state index contributed by atoms with van der Waals surface area (Å²) in [5, 5.41) is 8.94. The van der Waals surface area contributed by atoms with Gasteiger partial charge in [0.15, 0.2) is 25.4 Å². The van der Waals surface area contributed by atoms with Crippen molar-refractivity contribution >= 4 is 76.6 Å². The van der Waals surface area contributed by atoms with Crippen LogP contribution in [0.3, 0.4) is 0 Å². The van der Waals surface area contributed by atoms with E-state index in [2.05, 4.69) is 104 Å². The fraction of sp³-hybridized carbons (Fsp3) is 0.140. The van der Waals surface area contributed by atoms with E-state index in [0.717, 1.165) is 5.56 Å². The first-order chi connectivity index (χ1) is 29.3. The van der Waals surface area contributed by atoms with Gasteiger partial charge in [-0.2, -0.15) is 8.42 Å². The van der Waals surface area contributed by atoms with Crippen molar-refractivity contribution in [2.75, 3.05) is 12.5 Å². The molecule has 6 aromatic carbocycles. The van der Waals surface area contributed by atoms with Crippen LogP contribution in [0.1, 0.15) is 29.8 Å². The number of aryl methyl sites for hydroxylation is 1. The topological polar surface area (TPSA) is 80.7 Å². The molecule has 0 heterocycles. The molecule has 0 aliphatic heterocycles. The Hall–Kier alpha value is -3.80. The molecule has 358 valence electrons. The van der Waals surface area contributed by atoms with Crippen molar-refractivity contribution in [1.29, 1.82) is 0 Å². The van der Waals surface area contributed by atoms with Crippen LogP contribution in [0.25, 0.3) is 0 Å². The van der Waals surface area contributed by atoms with Gasteiger partial charge in [-0.1, -0.05) is 103 Å². The standard InChI is InChI=1S/C18H15S.C17H18O4S.C8H10OS.12FH.2Sb/c1-4-10-16(11-5-1)19(17-12-6-2-7-13-17)18-14-8-3-9-15-18;1-13-9-11-15(12-10-13)22(19,20)21-17(2,3)16(18)14-7-5-4-6-8-14;1-10(2)8-5-3-7(9)4-6-8;;;;;;;;;;;;;;/h1-15H;4-12H,1-3H3;3-6H,1-2H3;12*1H;;/q+1;;;;;;;;;;;;;;;2*+5/p-11. The Kier molecular flexibility index (Phi) is 18.5. The molecule has 0 aliphatic carbocycles. The third-order valence-electron chi connectivity index (χ3n) is 7.46. The Labute approximate surface area is 380 Å². The summed E-state index contributed by atoms with van der Waals surface area (Å²) in [6.07, 6.45) is 4.32. The van der Waals surface area contributed by atoms with Gasteiger partial charge >= 0.3 is 72.7 Å². The van der Waals surface area contributed by atoms with Crippen molar-refractivity contribution in [3.05, 3.63) is 181 Å². The largest absolute Gasteiger partial charge is 0.166 e. The van der Waals surface area contributed by atoms with Crippen LogP contribution in [-0.4, -0.2) is 76.4 Å². The van der Waals surface area contributed by atoms with Gasteiger partial charge < -0.3 is 5.11 Å². The molecule has 0 saturated carbocycles. The predicted octanol–water partition coefficient (Wildman–Crippen LogP) is 14.1. The third-order valence-corrected chi connectivity index (χ3v) is 12.4. The summed E-state index contributed by atoms with van der Waals surface area (Å²) in [6, 6.07) is 54.3. The molecule has 0 radical (unpaired) electrons. The van der Waals surface area contributed by atoms with Crippen molar-refractivity contribution in [1.82, 2.24) is 0 Å². The Bertz CT molecular complexity index is 2380. The first kappa shape index (κ1) is 57.3. The van der Waals surface area contributed by atoms with Crippen LogP contribution in [-0.2, 0) is 36.1 Å². The van der Waals surface area contributed by atoms with E-state index in [0.29, 0.717) is 22.2 Å². The number of carbonyl (C=O) groups excluding carboxylic acids is 1. The monoisotopic (exact) mass is 1210 g/mol. The Morgan fingerprint density at radius 2 is 0.815 bits per heavy atom. The van der Waals surface area contributed by atoms with Crippen molar-refractivity contribution < 1.29 is 56.3 Å². The third kappa shape index (κ3) is 27.4. The van der Waals surface area contributed by atoms with Crippen LogP contribution in [0.15, 0.2) is 194 Å². The quantitative estimate of drug-likeness (QED) is 0.0513. The Balaban J connectivity index is 0.000000304. The molecule has 0 aromatic heterocycles. The molecule has 0 saturated heterocycles. The molecule has 0 bridgehead atoms. The number of Topliss-reactive ketones (excluding diaryl/α,β-unsaturated/α-hetero) is 1. The predicted molar refractivity (Wildman–Crippen MR) is 236 cm³/mol. The minimum atomic E-state index is -11.2. The van der Waals surface area contributed by atoms with Crippen molar-refractivity contribution in [2.45, 2.75) is 50.8 Å². The van der Waals surface area contributed by atoms with Crippen LogP contribution in [0.2, 0.25) is 0 Å². The van der Waals surface area contributed by atoms with Crippen molar-refractivity contribution in [3.63, 3.8) is 0 Å². The van der Waals surface area contributed by atoms with Crippen LogP contribution in [0, 0.1) is 6.92 Å². The molecule has 0 amide bonds. The van der Waals surface area contributed by atoms with E-state index in [4.69, 9.17) is 9.29 Å². The van der Waals surface area contributed by atoms with Gasteiger partial charge in [-0.3, -0.25) is 8.98 Å². The molecule has 0 spiro atoms. The number of phenolic OH excluding ortho intramolecular Hbond substituents is 1. The number of rotatable bonds is 9. The fourth-order valence-corrected chi connectivity index (χ4v) is 8.77. The van der Waals surface area contributed by atoms with Gasteiger partial charge in [0.2, 0.25) is 0 Å². The Morgan fingerprint density at radius 1 is 0.508 bits per heavy atom. The van der Waals surface area contributed by atoms with E-state index in [1.54, 1.807) is 54.6 Å². The fourth-order valence-electron chi connectivity index (χ4n) is 4.80. The average molecular weight is 1210 g/mol. The van der Waals surface area contributed by atoms with Crippen LogP contribution >= 0.6 is 0 Å². The molecule has 6 rings (SSSR count). The van der Waals surface area contributed by atoms with Crippen LogP contribution in [0.4, 0.5) is 33.8 Å². The molecule has 0 aliphatic rings. The molecular weight excluding hydrogens is 1160 g/mol. The van der Waals surface area contributed by atoms with Gasteiger partial charge in [0, 0.05) is 16.5 Å². The van der Waals surface area contributed by atoms with E-state index in [1.165, 1.54) is 45.6 Å². The summed E-state index contributed by atoms with van der Waals surface area (Å²) in [5.74, 6) is -0.0435. The number of benzene rings is 6. The molecular formula is C43H44F12O5S3Sb2. The van der Waals surface area contributed by atoms with E-state index in [1.807, 2.05) is 19.1 Å². The molecule has 1 N–H and O–H groups in total. The molecule has 6 aromatic rings. The second kappa shape index (κ2) is 21.0. The summed E-state index contributed by atoms with van der Waals surface area (Å²) >= 11 is -22.5. The van der Waals surface area contributed by atoms with Gasteiger partial charge in [-0.15, -0.1) is 0 Å². The zero-order chi connectivity index (χ0) is 49.7. The molecule has 22 heteroatoms. The maximum Gasteiger partial charge on any atom is 0.166 e. The number of carbonyl (C=O) groups is 1. The van der Waals surface area contributed by atoms with E-state index in [9.17, 15) is 47.0 Å². The van der Waals surface area contributed by atoms with Gasteiger partial charge in [0.05, 0.1) is 15.8 Å². The van der Waals surface area contributed by atoms with Gasteiger partial charge in [-0.05, 0) is 93.6 Å². The molecule has 0 atom stereocenters. The smallest absolute Gasteiger partial charge is 0.0619 e. The van der Waals surface area contributed by atoms with Crippen molar-refractivity contribution in [2.24, 2.45) is 0 Å². The molecule has 5 nitrogen and oxygen atoms in total. The maximum atomic E-state index is 12.4. The van der Waals surface area contributed by atoms with Gasteiger partial charge in [0.1, 0.15) is 23.9 Å². The summed E-state index contributed by atoms with van der Waals surface area (Å²) in [5.41, 5.74) is -0.129. The van der Waals surface area contributed by atoms with E-state index < -0.39 is 54.7 Å². The summed E-state index contributed by atoms with van der Waals surface area (Å²) in [7, 11) is -3.72. The zero-order valence-corrected chi connectivity index (χ0v) is 42.5. The van der Waals surface area contributed by atoms with E-state index >= 15 is 0 Å². The minimum Gasteiger partial charge on any atom is -0.0619 e. The van der Waals surface area contributed by atoms with Crippen LogP contribution in [0.5, 0.6) is 5.75 Å². The van der Waals surface area contributed by atoms with Gasteiger partial charge in [-0.25, -0.2) is 0 Å². The van der Waals surface area contributed by atoms with E-state index in [-0.39, 0.29) is 21.6 Å². The number of aromatic hydroxyl groups is 1. The summed E-state index contributed by atoms with van der Waals surface area (Å²) in [6.45, 7) is 4.77. The number of halogens is 12. The first-order valence-electron chi connectivity index (χ1n) is 18.3. The van der Waals surface area contributed by atoms with Crippen molar-refractivity contribution in [3.8, 4) is 5.75 Å². The zero-order valence-electron chi connectivity index (χ0n) is 34.9. The Morgan fingerprint density at radius 3 is 1.12 bits per heavy atom. The number of hydrogen-bond donors (Lipinski definition) is 1. The second-order valence-electron chi connectivity index (χ2n) is 14.0. The SMILES string of the molecule is C[S+](C)c1ccc(O)cc1.Cc1ccc(S(=O)(=O)OC(C)(C)C(=O)c2ccccc2)cc1.[F][Sb-]([F])([F])([F])([F])[F].[F][Sb-]([F])([F])([F])([F])[F].c1ccc([S+](c2ccccc2)c2ccccc2)cc1. The molecule has 0 unspecified atom stereocenters. The maximum absolute atomic E-state index is 12.4. The summed E-state index contributed by atoms with van der Waals surface area (Å²) < 4.78 is 149. The first-order valence-corrected chi connectivity index (χ1v) is 34.5. The number of ketones is 1. The number of phenols is 1. The normalized spacial score (nSPS) is 13.8. The minimum absolute atomic E-state index is 0.0146. The van der Waals surface area contributed by atoms with Gasteiger partial charge in [0.25, 0.3) is 10.1 Å². The second-order valence-corrected chi connectivity index (χ2v) is 30.6. The molecule has 65 heavy (non-hydrogen) atoms. The average Bonchev–Trinajstić information content (AvgIpc) is 3.17. The summed E-state index contributed by atoms with van der Waals surface area (Å²) in [4.78, 5) is 17.8. The van der Waals surface area contributed by atoms with Crippen LogP contribution < -0.4 is 0 Å². The molecule has 0 fully saturated rings. The number of hydrogen-bond acceptors (Lipinski definition) is 5.